The van der Waals surface area contributed by atoms with Gasteiger partial charge in [-0.2, -0.15) is 0 Å². The number of nitro groups is 2. The van der Waals surface area contributed by atoms with Crippen LogP contribution in [0, 0.1) is 20.2 Å². The summed E-state index contributed by atoms with van der Waals surface area (Å²) < 4.78 is 0. The minimum absolute atomic E-state index is 0.00127. The Balaban J connectivity index is 1.65. The van der Waals surface area contributed by atoms with Crippen LogP contribution in [0.4, 0.5) is 11.4 Å². The number of hydrogen-bond acceptors (Lipinski definition) is 6. The van der Waals surface area contributed by atoms with Gasteiger partial charge in [-0.3, -0.25) is 29.8 Å². The summed E-state index contributed by atoms with van der Waals surface area (Å²) in [4.78, 5) is 47.2. The number of hydrogen-bond donors (Lipinski definition) is 1. The summed E-state index contributed by atoms with van der Waals surface area (Å²) in [7, 11) is 0. The number of non-ortho nitro benzene ring substituents is 2. The van der Waals surface area contributed by atoms with Gasteiger partial charge in [-0.1, -0.05) is 23.2 Å². The van der Waals surface area contributed by atoms with E-state index in [2.05, 4.69) is 5.32 Å². The summed E-state index contributed by atoms with van der Waals surface area (Å²) in [6.45, 7) is 0.298. The first-order valence-electron chi connectivity index (χ1n) is 9.16. The van der Waals surface area contributed by atoms with Gasteiger partial charge in [0.2, 0.25) is 0 Å². The molecule has 0 atom stereocenters. The highest BCUT2D eigenvalue weighted by Gasteiger charge is 2.34. The molecule has 3 rings (SSSR count). The molecule has 0 bridgehead atoms. The highest BCUT2D eigenvalue weighted by atomic mass is 35.5. The van der Waals surface area contributed by atoms with Crippen molar-refractivity contribution in [2.24, 2.45) is 0 Å². The van der Waals surface area contributed by atoms with Crippen molar-refractivity contribution in [1.82, 2.24) is 10.2 Å². The third kappa shape index (κ3) is 5.28. The van der Waals surface area contributed by atoms with E-state index in [0.717, 1.165) is 25.0 Å². The first-order chi connectivity index (χ1) is 14.7. The molecule has 2 amide bonds. The maximum atomic E-state index is 12.9. The fourth-order valence-electron chi connectivity index (χ4n) is 2.97. The SMILES string of the molecule is O=C(NCCN(C(=O)c1ccc([N+](=O)[O-])cc1Cl)C1CC1)c1ccc([N+](=O)[O-])cc1Cl. The molecule has 1 fully saturated rings. The van der Waals surface area contributed by atoms with E-state index in [-0.39, 0.29) is 57.6 Å². The predicted octanol–water partition coefficient (Wildman–Crippen LogP) is 3.84. The van der Waals surface area contributed by atoms with Crippen molar-refractivity contribution in [3.8, 4) is 0 Å². The number of nitro benzene ring substituents is 2. The molecule has 0 aromatic heterocycles. The molecule has 1 aliphatic carbocycles. The Labute approximate surface area is 186 Å². The molecule has 0 aliphatic heterocycles. The van der Waals surface area contributed by atoms with Crippen LogP contribution in [0.3, 0.4) is 0 Å². The Morgan fingerprint density at radius 3 is 1.94 bits per heavy atom. The van der Waals surface area contributed by atoms with Gasteiger partial charge in [-0.05, 0) is 25.0 Å². The van der Waals surface area contributed by atoms with E-state index < -0.39 is 15.8 Å². The monoisotopic (exact) mass is 466 g/mol. The number of nitrogens with one attached hydrogen (secondary N) is 1. The van der Waals surface area contributed by atoms with E-state index in [1.807, 2.05) is 0 Å². The fraction of sp³-hybridized carbons (Fsp3) is 0.263. The van der Waals surface area contributed by atoms with Crippen molar-refractivity contribution in [3.63, 3.8) is 0 Å². The summed E-state index contributed by atoms with van der Waals surface area (Å²) in [6.07, 6.45) is 1.61. The lowest BCUT2D eigenvalue weighted by molar-refractivity contribution is -0.385. The molecular weight excluding hydrogens is 451 g/mol. The van der Waals surface area contributed by atoms with Crippen molar-refractivity contribution < 1.29 is 19.4 Å². The van der Waals surface area contributed by atoms with E-state index in [4.69, 9.17) is 23.2 Å². The van der Waals surface area contributed by atoms with E-state index in [0.29, 0.717) is 0 Å². The average Bonchev–Trinajstić information content (AvgIpc) is 3.55. The zero-order valence-corrected chi connectivity index (χ0v) is 17.4. The van der Waals surface area contributed by atoms with Gasteiger partial charge in [-0.25, -0.2) is 0 Å². The summed E-state index contributed by atoms with van der Waals surface area (Å²) in [5.74, 6) is -0.915. The summed E-state index contributed by atoms with van der Waals surface area (Å²) in [6, 6.07) is 7.17. The second-order valence-electron chi connectivity index (χ2n) is 6.83. The number of rotatable bonds is 8. The first kappa shape index (κ1) is 22.4. The van der Waals surface area contributed by atoms with Crippen LogP contribution in [0.1, 0.15) is 33.6 Å². The van der Waals surface area contributed by atoms with Crippen LogP contribution in [0.15, 0.2) is 36.4 Å². The van der Waals surface area contributed by atoms with Crippen LogP contribution in [0.5, 0.6) is 0 Å². The summed E-state index contributed by atoms with van der Waals surface area (Å²) in [5, 5.41) is 24.2. The summed E-state index contributed by atoms with van der Waals surface area (Å²) in [5.41, 5.74) is -0.224. The molecular formula is C19H16Cl2N4O6. The first-order valence-corrected chi connectivity index (χ1v) is 9.91. The normalized spacial score (nSPS) is 12.8. The Hall–Kier alpha value is -3.24. The van der Waals surface area contributed by atoms with Crippen LogP contribution in [0.25, 0.3) is 0 Å². The average molecular weight is 467 g/mol. The fourth-order valence-corrected chi connectivity index (χ4v) is 3.48. The number of halogens is 2. The minimum Gasteiger partial charge on any atom is -0.350 e. The van der Waals surface area contributed by atoms with Crippen molar-refractivity contribution in [3.05, 3.63) is 77.8 Å². The van der Waals surface area contributed by atoms with Gasteiger partial charge in [-0.15, -0.1) is 0 Å². The standard InChI is InChI=1S/C19H16Cl2N4O6/c20-16-9-12(24(28)29)3-5-14(16)18(26)22-7-8-23(11-1-2-11)19(27)15-6-4-13(25(30)31)10-17(15)21/h3-6,9-11H,1-2,7-8H2,(H,22,26). The zero-order chi connectivity index (χ0) is 22.7. The van der Waals surface area contributed by atoms with Gasteiger partial charge in [0.25, 0.3) is 23.2 Å². The topological polar surface area (TPSA) is 136 Å². The number of benzene rings is 2. The quantitative estimate of drug-likeness (QED) is 0.463. The second kappa shape index (κ2) is 9.27. The maximum absolute atomic E-state index is 12.9. The third-order valence-electron chi connectivity index (χ3n) is 4.69. The van der Waals surface area contributed by atoms with Gasteiger partial charge >= 0.3 is 0 Å². The minimum atomic E-state index is -0.615. The van der Waals surface area contributed by atoms with Gasteiger partial charge in [0.05, 0.1) is 31.0 Å². The Kier molecular flexibility index (Phi) is 6.71. The van der Waals surface area contributed by atoms with Crippen molar-refractivity contribution in [1.29, 1.82) is 0 Å². The van der Waals surface area contributed by atoms with Crippen LogP contribution >= 0.6 is 23.2 Å². The Bertz CT molecular complexity index is 1070. The van der Waals surface area contributed by atoms with Gasteiger partial charge < -0.3 is 10.2 Å². The predicted molar refractivity (Wildman–Crippen MR) is 113 cm³/mol. The Morgan fingerprint density at radius 1 is 0.968 bits per heavy atom. The van der Waals surface area contributed by atoms with Gasteiger partial charge in [0, 0.05) is 43.4 Å². The molecule has 1 saturated carbocycles. The molecule has 12 heteroatoms. The van der Waals surface area contributed by atoms with Crippen molar-refractivity contribution in [2.75, 3.05) is 13.1 Å². The van der Waals surface area contributed by atoms with E-state index in [1.165, 1.54) is 24.3 Å². The van der Waals surface area contributed by atoms with Crippen LogP contribution in [-0.2, 0) is 0 Å². The molecule has 10 nitrogen and oxygen atoms in total. The number of nitrogens with zero attached hydrogens (tertiary/aromatic N) is 3. The van der Waals surface area contributed by atoms with Crippen molar-refractivity contribution in [2.45, 2.75) is 18.9 Å². The van der Waals surface area contributed by atoms with E-state index >= 15 is 0 Å². The smallest absolute Gasteiger partial charge is 0.270 e. The molecule has 1 N–H and O–H groups in total. The maximum Gasteiger partial charge on any atom is 0.270 e. The van der Waals surface area contributed by atoms with Gasteiger partial charge in [0.1, 0.15) is 0 Å². The zero-order valence-electron chi connectivity index (χ0n) is 15.9. The molecule has 162 valence electrons. The lowest BCUT2D eigenvalue weighted by atomic mass is 10.1. The highest BCUT2D eigenvalue weighted by Crippen LogP contribution is 2.30. The van der Waals surface area contributed by atoms with Crippen LogP contribution < -0.4 is 5.32 Å². The lowest BCUT2D eigenvalue weighted by Crippen LogP contribution is -2.40. The Morgan fingerprint density at radius 2 is 1.48 bits per heavy atom. The number of carbonyl (C=O) groups is 2. The largest absolute Gasteiger partial charge is 0.350 e. The molecule has 0 saturated heterocycles. The second-order valence-corrected chi connectivity index (χ2v) is 7.64. The van der Waals surface area contributed by atoms with Crippen LogP contribution in [0.2, 0.25) is 10.0 Å². The number of carbonyl (C=O) groups excluding carboxylic acids is 2. The molecule has 0 spiro atoms. The van der Waals surface area contributed by atoms with E-state index in [9.17, 15) is 29.8 Å². The highest BCUT2D eigenvalue weighted by molar-refractivity contribution is 6.34. The molecule has 0 radical (unpaired) electrons. The van der Waals surface area contributed by atoms with Gasteiger partial charge in [0.15, 0.2) is 0 Å². The molecule has 2 aromatic rings. The number of amides is 2. The van der Waals surface area contributed by atoms with Crippen LogP contribution in [-0.4, -0.2) is 45.7 Å². The molecule has 1 aliphatic rings. The third-order valence-corrected chi connectivity index (χ3v) is 5.31. The molecule has 31 heavy (non-hydrogen) atoms. The lowest BCUT2D eigenvalue weighted by Gasteiger charge is -2.23. The summed E-state index contributed by atoms with van der Waals surface area (Å²) >= 11 is 12.0. The molecule has 2 aromatic carbocycles. The van der Waals surface area contributed by atoms with Crippen molar-refractivity contribution >= 4 is 46.4 Å². The van der Waals surface area contributed by atoms with E-state index in [1.54, 1.807) is 4.90 Å². The molecule has 0 unspecified atom stereocenters. The molecule has 0 heterocycles.